The van der Waals surface area contributed by atoms with Gasteiger partial charge in [-0.2, -0.15) is 0 Å². The number of rotatable bonds is 5. The van der Waals surface area contributed by atoms with Crippen LogP contribution >= 0.6 is 0 Å². The Hall–Kier alpha value is -1.80. The average Bonchev–Trinajstić information content (AvgIpc) is 2.45. The van der Waals surface area contributed by atoms with E-state index in [0.717, 1.165) is 24.3 Å². The Labute approximate surface area is 108 Å². The Morgan fingerprint density at radius 2 is 1.78 bits per heavy atom. The van der Waals surface area contributed by atoms with Crippen LogP contribution in [0.1, 0.15) is 18.9 Å². The first-order chi connectivity index (χ1) is 8.83. The van der Waals surface area contributed by atoms with Crippen LogP contribution in [0.3, 0.4) is 0 Å². The second-order valence-corrected chi connectivity index (χ2v) is 4.28. The molecule has 94 valence electrons. The Balaban J connectivity index is 2.20. The normalized spacial score (nSPS) is 10.3. The summed E-state index contributed by atoms with van der Waals surface area (Å²) in [6, 6.07) is 16.5. The fourth-order valence-corrected chi connectivity index (χ4v) is 1.82. The Morgan fingerprint density at radius 3 is 2.44 bits per heavy atom. The molecule has 0 saturated carbocycles. The van der Waals surface area contributed by atoms with Crippen molar-refractivity contribution in [3.05, 3.63) is 54.1 Å². The van der Waals surface area contributed by atoms with E-state index in [2.05, 4.69) is 43.3 Å². The maximum atomic E-state index is 5.64. The molecule has 2 rings (SSSR count). The molecule has 0 aromatic heterocycles. The van der Waals surface area contributed by atoms with Crippen molar-refractivity contribution < 1.29 is 4.74 Å². The fourth-order valence-electron chi connectivity index (χ4n) is 1.82. The van der Waals surface area contributed by atoms with Crippen LogP contribution in [0.25, 0.3) is 11.1 Å². The van der Waals surface area contributed by atoms with E-state index in [-0.39, 0.29) is 0 Å². The second-order valence-electron chi connectivity index (χ2n) is 4.28. The van der Waals surface area contributed by atoms with Gasteiger partial charge in [0.25, 0.3) is 0 Å². The summed E-state index contributed by atoms with van der Waals surface area (Å²) in [7, 11) is 0. The van der Waals surface area contributed by atoms with Gasteiger partial charge < -0.3 is 10.5 Å². The summed E-state index contributed by atoms with van der Waals surface area (Å²) in [4.78, 5) is 0. The van der Waals surface area contributed by atoms with Gasteiger partial charge in [-0.3, -0.25) is 0 Å². The van der Waals surface area contributed by atoms with Gasteiger partial charge in [-0.1, -0.05) is 43.3 Å². The first kappa shape index (κ1) is 12.7. The van der Waals surface area contributed by atoms with Gasteiger partial charge in [-0.15, -0.1) is 0 Å². The smallest absolute Gasteiger partial charge is 0.119 e. The molecule has 2 N–H and O–H groups in total. The van der Waals surface area contributed by atoms with Crippen molar-refractivity contribution in [1.82, 2.24) is 0 Å². The molecule has 0 spiro atoms. The lowest BCUT2D eigenvalue weighted by atomic mass is 10.0. The van der Waals surface area contributed by atoms with E-state index in [0.29, 0.717) is 6.54 Å². The van der Waals surface area contributed by atoms with Crippen LogP contribution in [0, 0.1) is 0 Å². The van der Waals surface area contributed by atoms with Crippen molar-refractivity contribution in [3.63, 3.8) is 0 Å². The molecule has 2 aromatic rings. The molecule has 2 nitrogen and oxygen atoms in total. The van der Waals surface area contributed by atoms with E-state index in [1.165, 1.54) is 11.1 Å². The van der Waals surface area contributed by atoms with E-state index >= 15 is 0 Å². The van der Waals surface area contributed by atoms with Crippen LogP contribution in [0.15, 0.2) is 48.5 Å². The van der Waals surface area contributed by atoms with Crippen LogP contribution in [0.2, 0.25) is 0 Å². The molecule has 0 atom stereocenters. The molecule has 0 aliphatic rings. The summed E-state index contributed by atoms with van der Waals surface area (Å²) in [6.07, 6.45) is 1.02. The van der Waals surface area contributed by atoms with E-state index in [9.17, 15) is 0 Å². The van der Waals surface area contributed by atoms with Crippen molar-refractivity contribution in [2.45, 2.75) is 19.9 Å². The Morgan fingerprint density at radius 1 is 1.00 bits per heavy atom. The molecule has 0 fully saturated rings. The first-order valence-electron chi connectivity index (χ1n) is 6.35. The van der Waals surface area contributed by atoms with Crippen molar-refractivity contribution in [2.75, 3.05) is 6.61 Å². The monoisotopic (exact) mass is 241 g/mol. The van der Waals surface area contributed by atoms with Gasteiger partial charge >= 0.3 is 0 Å². The van der Waals surface area contributed by atoms with Gasteiger partial charge in [-0.25, -0.2) is 0 Å². The number of hydrogen-bond acceptors (Lipinski definition) is 2. The van der Waals surface area contributed by atoms with Crippen molar-refractivity contribution in [3.8, 4) is 16.9 Å². The molecule has 0 heterocycles. The lowest BCUT2D eigenvalue weighted by Gasteiger charge is -2.07. The summed E-state index contributed by atoms with van der Waals surface area (Å²) < 4.78 is 5.64. The molecule has 0 radical (unpaired) electrons. The van der Waals surface area contributed by atoms with Crippen LogP contribution in [-0.4, -0.2) is 6.61 Å². The maximum absolute atomic E-state index is 5.64. The van der Waals surface area contributed by atoms with Gasteiger partial charge in [0.2, 0.25) is 0 Å². The van der Waals surface area contributed by atoms with E-state index in [1.807, 2.05) is 12.1 Å². The number of benzene rings is 2. The van der Waals surface area contributed by atoms with Crippen LogP contribution in [0.5, 0.6) is 5.75 Å². The molecular weight excluding hydrogens is 222 g/mol. The molecule has 0 unspecified atom stereocenters. The third-order valence-electron chi connectivity index (χ3n) is 2.83. The van der Waals surface area contributed by atoms with Gasteiger partial charge in [0.1, 0.15) is 5.75 Å². The number of nitrogens with two attached hydrogens (primary N) is 1. The van der Waals surface area contributed by atoms with E-state index < -0.39 is 0 Å². The van der Waals surface area contributed by atoms with Gasteiger partial charge in [0.15, 0.2) is 0 Å². The topological polar surface area (TPSA) is 35.2 Å². The third kappa shape index (κ3) is 3.11. The minimum atomic E-state index is 0.583. The summed E-state index contributed by atoms with van der Waals surface area (Å²) in [5, 5.41) is 0. The molecule has 0 aliphatic heterocycles. The fraction of sp³-hybridized carbons (Fsp3) is 0.250. The summed E-state index contributed by atoms with van der Waals surface area (Å²) in [5.74, 6) is 0.928. The Kier molecular flexibility index (Phi) is 4.37. The zero-order valence-electron chi connectivity index (χ0n) is 10.7. The molecule has 0 bridgehead atoms. The minimum Gasteiger partial charge on any atom is -0.494 e. The lowest BCUT2D eigenvalue weighted by molar-refractivity contribution is 0.317. The summed E-state index contributed by atoms with van der Waals surface area (Å²) in [6.45, 7) is 3.45. The zero-order chi connectivity index (χ0) is 12.8. The molecule has 0 aliphatic carbocycles. The predicted molar refractivity (Wildman–Crippen MR) is 75.6 cm³/mol. The number of ether oxygens (including phenoxy) is 1. The Bertz CT molecular complexity index is 491. The molecule has 2 aromatic carbocycles. The average molecular weight is 241 g/mol. The van der Waals surface area contributed by atoms with Crippen LogP contribution < -0.4 is 10.5 Å². The van der Waals surface area contributed by atoms with Crippen molar-refractivity contribution in [2.24, 2.45) is 5.73 Å². The highest BCUT2D eigenvalue weighted by Gasteiger charge is 2.00. The zero-order valence-corrected chi connectivity index (χ0v) is 10.7. The molecule has 18 heavy (non-hydrogen) atoms. The highest BCUT2D eigenvalue weighted by atomic mass is 16.5. The van der Waals surface area contributed by atoms with Crippen LogP contribution in [0.4, 0.5) is 0 Å². The van der Waals surface area contributed by atoms with Crippen LogP contribution in [-0.2, 0) is 6.54 Å². The molecule has 0 saturated heterocycles. The maximum Gasteiger partial charge on any atom is 0.119 e. The van der Waals surface area contributed by atoms with Crippen molar-refractivity contribution >= 4 is 0 Å². The van der Waals surface area contributed by atoms with Gasteiger partial charge in [0.05, 0.1) is 6.61 Å². The predicted octanol–water partition coefficient (Wildman–Crippen LogP) is 3.60. The van der Waals surface area contributed by atoms with E-state index in [1.54, 1.807) is 0 Å². The molecular formula is C16H19NO. The van der Waals surface area contributed by atoms with Gasteiger partial charge in [-0.05, 0) is 35.2 Å². The highest BCUT2D eigenvalue weighted by Crippen LogP contribution is 2.24. The first-order valence-corrected chi connectivity index (χ1v) is 6.35. The summed E-state index contributed by atoms with van der Waals surface area (Å²) in [5.41, 5.74) is 9.11. The SMILES string of the molecule is CCCOc1cccc(-c2ccc(CN)cc2)c1. The van der Waals surface area contributed by atoms with E-state index in [4.69, 9.17) is 10.5 Å². The standard InChI is InChI=1S/C16H19NO/c1-2-10-18-16-5-3-4-15(11-16)14-8-6-13(12-17)7-9-14/h3-9,11H,2,10,12,17H2,1H3. The molecule has 0 amide bonds. The highest BCUT2D eigenvalue weighted by molar-refractivity contribution is 5.65. The quantitative estimate of drug-likeness (QED) is 0.868. The largest absolute Gasteiger partial charge is 0.494 e. The minimum absolute atomic E-state index is 0.583. The second kappa shape index (κ2) is 6.22. The molecule has 2 heteroatoms. The summed E-state index contributed by atoms with van der Waals surface area (Å²) >= 11 is 0. The third-order valence-corrected chi connectivity index (χ3v) is 2.83. The lowest BCUT2D eigenvalue weighted by Crippen LogP contribution is -1.96. The number of hydrogen-bond donors (Lipinski definition) is 1. The van der Waals surface area contributed by atoms with Gasteiger partial charge in [0, 0.05) is 6.54 Å². The van der Waals surface area contributed by atoms with Crippen molar-refractivity contribution in [1.29, 1.82) is 0 Å².